The van der Waals surface area contributed by atoms with Gasteiger partial charge in [0.25, 0.3) is 0 Å². The molecule has 0 rings (SSSR count). The molecule has 0 aromatic heterocycles. The fourth-order valence-corrected chi connectivity index (χ4v) is 0.360. The topological polar surface area (TPSA) is 46.5 Å². The summed E-state index contributed by atoms with van der Waals surface area (Å²) in [5, 5.41) is 8.59. The van der Waals surface area contributed by atoms with Crippen molar-refractivity contribution in [1.82, 2.24) is 0 Å². The number of esters is 1. The van der Waals surface area contributed by atoms with Crippen LogP contribution in [0.5, 0.6) is 0 Å². The zero-order valence-corrected chi connectivity index (χ0v) is 6.34. The van der Waals surface area contributed by atoms with E-state index >= 15 is 0 Å². The molecule has 0 aromatic carbocycles. The Morgan fingerprint density at radius 3 is 2.90 bits per heavy atom. The van der Waals surface area contributed by atoms with Gasteiger partial charge in [0.05, 0.1) is 0 Å². The van der Waals surface area contributed by atoms with Gasteiger partial charge in [-0.2, -0.15) is 0 Å². The summed E-state index contributed by atoms with van der Waals surface area (Å²) in [5.74, 6) is -0.644. The molecule has 0 aliphatic rings. The largest absolute Gasteiger partial charge is 0.460 e. The summed E-state index contributed by atoms with van der Waals surface area (Å²) in [6.45, 7) is 1.44. The Bertz CT molecular complexity index is 131. The average molecular weight is 165 g/mol. The first-order chi connectivity index (χ1) is 4.68. The van der Waals surface area contributed by atoms with Crippen LogP contribution in [0.2, 0.25) is 0 Å². The van der Waals surface area contributed by atoms with E-state index in [1.807, 2.05) is 0 Å². The molecule has 0 aliphatic heterocycles. The molecule has 1 unspecified atom stereocenters. The van der Waals surface area contributed by atoms with Crippen molar-refractivity contribution in [2.24, 2.45) is 0 Å². The highest BCUT2D eigenvalue weighted by Crippen LogP contribution is 1.87. The van der Waals surface area contributed by atoms with Gasteiger partial charge < -0.3 is 9.84 Å². The molecular weight excluding hydrogens is 156 g/mol. The average Bonchev–Trinajstić information content (AvgIpc) is 1.88. The maximum atomic E-state index is 10.5. The highest BCUT2D eigenvalue weighted by atomic mass is 35.5. The lowest BCUT2D eigenvalue weighted by Crippen LogP contribution is -2.19. The Balaban J connectivity index is 3.40. The molecule has 0 amide bonds. The molecular formula is C6H9ClO3. The molecule has 0 saturated heterocycles. The SMILES string of the molecule is CC(O)C(=O)OCC=CCl. The Morgan fingerprint density at radius 1 is 1.90 bits per heavy atom. The Hall–Kier alpha value is -0.540. The van der Waals surface area contributed by atoms with E-state index in [4.69, 9.17) is 16.7 Å². The van der Waals surface area contributed by atoms with Gasteiger partial charge in [-0.3, -0.25) is 0 Å². The normalized spacial score (nSPS) is 13.5. The highest BCUT2D eigenvalue weighted by molar-refractivity contribution is 6.25. The molecule has 58 valence electrons. The first kappa shape index (κ1) is 9.46. The van der Waals surface area contributed by atoms with Crippen LogP contribution in [0.15, 0.2) is 11.6 Å². The zero-order valence-electron chi connectivity index (χ0n) is 5.58. The number of halogens is 1. The van der Waals surface area contributed by atoms with Gasteiger partial charge in [-0.1, -0.05) is 11.6 Å². The van der Waals surface area contributed by atoms with Gasteiger partial charge in [-0.25, -0.2) is 4.79 Å². The molecule has 0 aliphatic carbocycles. The minimum Gasteiger partial charge on any atom is -0.460 e. The Kier molecular flexibility index (Phi) is 4.98. The van der Waals surface area contributed by atoms with Crippen molar-refractivity contribution in [3.05, 3.63) is 11.6 Å². The van der Waals surface area contributed by atoms with E-state index in [0.29, 0.717) is 0 Å². The van der Waals surface area contributed by atoms with Crippen molar-refractivity contribution in [3.8, 4) is 0 Å². The predicted octanol–water partition coefficient (Wildman–Crippen LogP) is 0.663. The smallest absolute Gasteiger partial charge is 0.334 e. The molecule has 1 N–H and O–H groups in total. The van der Waals surface area contributed by atoms with Crippen molar-refractivity contribution >= 4 is 17.6 Å². The van der Waals surface area contributed by atoms with E-state index in [0.717, 1.165) is 0 Å². The van der Waals surface area contributed by atoms with Crippen molar-refractivity contribution < 1.29 is 14.6 Å². The minimum atomic E-state index is -1.07. The van der Waals surface area contributed by atoms with Crippen LogP contribution in [0.4, 0.5) is 0 Å². The Labute approximate surface area is 64.2 Å². The van der Waals surface area contributed by atoms with Crippen LogP contribution in [0, 0.1) is 0 Å². The summed E-state index contributed by atoms with van der Waals surface area (Å²) in [5.41, 5.74) is 1.25. The number of aliphatic hydroxyl groups excluding tert-OH is 1. The summed E-state index contributed by atoms with van der Waals surface area (Å²) in [4.78, 5) is 10.5. The monoisotopic (exact) mass is 164 g/mol. The summed E-state index contributed by atoms with van der Waals surface area (Å²) in [6, 6.07) is 0. The van der Waals surface area contributed by atoms with Gasteiger partial charge in [0.1, 0.15) is 12.7 Å². The third kappa shape index (κ3) is 4.35. The van der Waals surface area contributed by atoms with Gasteiger partial charge in [0.2, 0.25) is 0 Å². The quantitative estimate of drug-likeness (QED) is 0.624. The summed E-state index contributed by atoms with van der Waals surface area (Å²) in [7, 11) is 0. The lowest BCUT2D eigenvalue weighted by atomic mass is 10.4. The van der Waals surface area contributed by atoms with E-state index in [2.05, 4.69) is 4.74 Å². The molecule has 0 heterocycles. The van der Waals surface area contributed by atoms with E-state index in [1.54, 1.807) is 0 Å². The van der Waals surface area contributed by atoms with Crippen LogP contribution in [-0.4, -0.2) is 23.8 Å². The molecule has 1 atom stereocenters. The van der Waals surface area contributed by atoms with Gasteiger partial charge >= 0.3 is 5.97 Å². The summed E-state index contributed by atoms with van der Waals surface area (Å²) < 4.78 is 4.48. The molecule has 10 heavy (non-hydrogen) atoms. The molecule has 0 radical (unpaired) electrons. The number of hydrogen-bond donors (Lipinski definition) is 1. The van der Waals surface area contributed by atoms with Crippen LogP contribution in [0.1, 0.15) is 6.92 Å². The van der Waals surface area contributed by atoms with Crippen LogP contribution in [-0.2, 0) is 9.53 Å². The molecule has 0 saturated carbocycles. The molecule has 3 nitrogen and oxygen atoms in total. The third-order valence-corrected chi connectivity index (χ3v) is 0.930. The van der Waals surface area contributed by atoms with Crippen molar-refractivity contribution in [1.29, 1.82) is 0 Å². The van der Waals surface area contributed by atoms with Gasteiger partial charge in [-0.15, -0.1) is 0 Å². The zero-order chi connectivity index (χ0) is 7.98. The summed E-state index contributed by atoms with van der Waals surface area (Å²) >= 11 is 5.13. The van der Waals surface area contributed by atoms with Crippen LogP contribution in [0.3, 0.4) is 0 Å². The third-order valence-electron chi connectivity index (χ3n) is 0.752. The highest BCUT2D eigenvalue weighted by Gasteiger charge is 2.07. The van der Waals surface area contributed by atoms with Crippen molar-refractivity contribution in [2.75, 3.05) is 6.61 Å². The lowest BCUT2D eigenvalue weighted by molar-refractivity contribution is -0.151. The molecule has 0 fully saturated rings. The standard InChI is InChI=1S/C6H9ClO3/c1-5(8)6(9)10-4-2-3-7/h2-3,5,8H,4H2,1H3. The minimum absolute atomic E-state index is 0.104. The van der Waals surface area contributed by atoms with Crippen LogP contribution in [0.25, 0.3) is 0 Å². The van der Waals surface area contributed by atoms with E-state index in [1.165, 1.54) is 18.5 Å². The maximum Gasteiger partial charge on any atom is 0.334 e. The number of rotatable bonds is 3. The van der Waals surface area contributed by atoms with Gasteiger partial charge in [0, 0.05) is 5.54 Å². The number of hydrogen-bond acceptors (Lipinski definition) is 3. The molecule has 0 bridgehead atoms. The lowest BCUT2D eigenvalue weighted by Gasteiger charge is -2.01. The fraction of sp³-hybridized carbons (Fsp3) is 0.500. The predicted molar refractivity (Wildman–Crippen MR) is 37.6 cm³/mol. The number of ether oxygens (including phenoxy) is 1. The first-order valence-electron chi connectivity index (χ1n) is 2.78. The van der Waals surface area contributed by atoms with Crippen molar-refractivity contribution in [2.45, 2.75) is 13.0 Å². The number of carbonyl (C=O) groups is 1. The van der Waals surface area contributed by atoms with Crippen LogP contribution >= 0.6 is 11.6 Å². The van der Waals surface area contributed by atoms with E-state index < -0.39 is 12.1 Å². The van der Waals surface area contributed by atoms with Crippen LogP contribution < -0.4 is 0 Å². The second-order valence-electron chi connectivity index (χ2n) is 1.67. The van der Waals surface area contributed by atoms with E-state index in [9.17, 15) is 4.79 Å². The summed E-state index contributed by atoms with van der Waals surface area (Å²) in [6.07, 6.45) is 0.394. The Morgan fingerprint density at radius 2 is 2.50 bits per heavy atom. The van der Waals surface area contributed by atoms with Crippen molar-refractivity contribution in [3.63, 3.8) is 0 Å². The number of aliphatic hydroxyl groups is 1. The second-order valence-corrected chi connectivity index (χ2v) is 1.92. The molecule has 0 spiro atoms. The van der Waals surface area contributed by atoms with E-state index in [-0.39, 0.29) is 6.61 Å². The fourth-order valence-electron chi connectivity index (χ4n) is 0.287. The molecule has 4 heteroatoms. The maximum absolute atomic E-state index is 10.5. The number of carbonyl (C=O) groups excluding carboxylic acids is 1. The van der Waals surface area contributed by atoms with Gasteiger partial charge in [-0.05, 0) is 13.0 Å². The van der Waals surface area contributed by atoms with Gasteiger partial charge in [0.15, 0.2) is 0 Å². The molecule has 0 aromatic rings. The second kappa shape index (κ2) is 5.26. The first-order valence-corrected chi connectivity index (χ1v) is 3.22.